The van der Waals surface area contributed by atoms with Gasteiger partial charge >= 0.3 is 11.9 Å². The van der Waals surface area contributed by atoms with Gasteiger partial charge in [0.25, 0.3) is 0 Å². The van der Waals surface area contributed by atoms with Crippen molar-refractivity contribution in [1.82, 2.24) is 0 Å². The topological polar surface area (TPSA) is 52.6 Å². The first-order chi connectivity index (χ1) is 13.5. The highest BCUT2D eigenvalue weighted by Gasteiger charge is 2.31. The van der Waals surface area contributed by atoms with Gasteiger partial charge in [-0.05, 0) is 44.5 Å². The second-order valence-corrected chi connectivity index (χ2v) is 6.31. The van der Waals surface area contributed by atoms with E-state index >= 15 is 0 Å². The molecule has 2 aromatic rings. The van der Waals surface area contributed by atoms with Crippen LogP contribution in [-0.2, 0) is 14.3 Å². The molecule has 2 rings (SSSR count). The van der Waals surface area contributed by atoms with Crippen LogP contribution in [0.2, 0.25) is 0 Å². The highest BCUT2D eigenvalue weighted by molar-refractivity contribution is 5.89. The average Bonchev–Trinajstić information content (AvgIpc) is 2.73. The van der Waals surface area contributed by atoms with Crippen molar-refractivity contribution in [3.05, 3.63) is 83.9 Å². The molecule has 0 aliphatic rings. The number of carbonyl (C=O) groups excluding carboxylic acids is 2. The van der Waals surface area contributed by atoms with Gasteiger partial charge in [-0.3, -0.25) is 4.79 Å². The molecule has 28 heavy (non-hydrogen) atoms. The molecule has 1 unspecified atom stereocenters. The number of carbonyl (C=O) groups is 2. The predicted octanol–water partition coefficient (Wildman–Crippen LogP) is 4.41. The van der Waals surface area contributed by atoms with E-state index in [9.17, 15) is 9.59 Å². The molecule has 2 aromatic carbocycles. The van der Waals surface area contributed by atoms with Crippen LogP contribution in [0.1, 0.15) is 36.2 Å². The summed E-state index contributed by atoms with van der Waals surface area (Å²) in [7, 11) is 0. The zero-order chi connectivity index (χ0) is 20.2. The first-order valence-electron chi connectivity index (χ1n) is 9.18. The standard InChI is InChI=1S/C24H24O4/c1-3-27-23(26)24(2,18-16-20-12-6-4-7-13-20)17-10-11-19-28-22(25)21-14-8-5-9-15-21/h4-15H,3,17,19H2,1-2H3/b11-10+. The lowest BCUT2D eigenvalue weighted by atomic mass is 9.87. The minimum atomic E-state index is -0.980. The van der Waals surface area contributed by atoms with E-state index < -0.39 is 5.41 Å². The summed E-state index contributed by atoms with van der Waals surface area (Å²) in [6.45, 7) is 3.93. The van der Waals surface area contributed by atoms with Crippen LogP contribution in [-0.4, -0.2) is 25.2 Å². The fourth-order valence-electron chi connectivity index (χ4n) is 2.38. The third kappa shape index (κ3) is 6.44. The predicted molar refractivity (Wildman–Crippen MR) is 109 cm³/mol. The Morgan fingerprint density at radius 3 is 2.25 bits per heavy atom. The Balaban J connectivity index is 1.98. The summed E-state index contributed by atoms with van der Waals surface area (Å²) < 4.78 is 10.4. The van der Waals surface area contributed by atoms with E-state index in [1.54, 1.807) is 50.3 Å². The molecule has 0 aliphatic heterocycles. The molecule has 144 valence electrons. The molecule has 0 N–H and O–H groups in total. The monoisotopic (exact) mass is 376 g/mol. The SMILES string of the molecule is CCOC(=O)C(C)(C#Cc1ccccc1)C/C=C/COC(=O)c1ccccc1. The molecule has 0 aliphatic carbocycles. The minimum absolute atomic E-state index is 0.124. The van der Waals surface area contributed by atoms with Crippen LogP contribution in [0.3, 0.4) is 0 Å². The lowest BCUT2D eigenvalue weighted by Crippen LogP contribution is -2.28. The fraction of sp³-hybridized carbons (Fsp3) is 0.250. The van der Waals surface area contributed by atoms with Gasteiger partial charge in [0.05, 0.1) is 12.2 Å². The molecule has 0 amide bonds. The van der Waals surface area contributed by atoms with Crippen LogP contribution < -0.4 is 0 Å². The first-order valence-corrected chi connectivity index (χ1v) is 9.18. The van der Waals surface area contributed by atoms with E-state index in [1.807, 2.05) is 36.4 Å². The average molecular weight is 376 g/mol. The molecule has 0 bridgehead atoms. The van der Waals surface area contributed by atoms with Crippen LogP contribution in [0, 0.1) is 17.3 Å². The van der Waals surface area contributed by atoms with Gasteiger partial charge in [0.1, 0.15) is 12.0 Å². The molecular weight excluding hydrogens is 352 g/mol. The lowest BCUT2D eigenvalue weighted by Gasteiger charge is -2.19. The summed E-state index contributed by atoms with van der Waals surface area (Å²) in [6.07, 6.45) is 3.85. The van der Waals surface area contributed by atoms with Gasteiger partial charge in [0.2, 0.25) is 0 Å². The highest BCUT2D eigenvalue weighted by atomic mass is 16.5. The van der Waals surface area contributed by atoms with E-state index in [4.69, 9.17) is 9.47 Å². The highest BCUT2D eigenvalue weighted by Crippen LogP contribution is 2.23. The Bertz CT molecular complexity index is 860. The van der Waals surface area contributed by atoms with Crippen LogP contribution >= 0.6 is 0 Å². The van der Waals surface area contributed by atoms with Gasteiger partial charge in [0.15, 0.2) is 0 Å². The van der Waals surface area contributed by atoms with Crippen molar-refractivity contribution >= 4 is 11.9 Å². The molecule has 0 heterocycles. The Hall–Kier alpha value is -3.32. The van der Waals surface area contributed by atoms with Crippen LogP contribution in [0.25, 0.3) is 0 Å². The number of benzene rings is 2. The lowest BCUT2D eigenvalue weighted by molar-refractivity contribution is -0.150. The summed E-state index contributed by atoms with van der Waals surface area (Å²) in [5.74, 6) is 5.32. The smallest absolute Gasteiger partial charge is 0.338 e. The van der Waals surface area contributed by atoms with E-state index in [2.05, 4.69) is 11.8 Å². The maximum atomic E-state index is 12.4. The van der Waals surface area contributed by atoms with Crippen LogP contribution in [0.15, 0.2) is 72.8 Å². The van der Waals surface area contributed by atoms with Gasteiger partial charge in [-0.15, -0.1) is 0 Å². The molecule has 1 atom stereocenters. The third-order valence-electron chi connectivity index (χ3n) is 4.00. The molecule has 0 spiro atoms. The number of ether oxygens (including phenoxy) is 2. The normalized spacial score (nSPS) is 12.5. The Labute approximate surface area is 166 Å². The van der Waals surface area contributed by atoms with Crippen molar-refractivity contribution in [2.45, 2.75) is 20.3 Å². The van der Waals surface area contributed by atoms with Gasteiger partial charge in [-0.2, -0.15) is 0 Å². The van der Waals surface area contributed by atoms with Crippen molar-refractivity contribution in [3.63, 3.8) is 0 Å². The largest absolute Gasteiger partial charge is 0.465 e. The summed E-state index contributed by atoms with van der Waals surface area (Å²) in [5, 5.41) is 0. The van der Waals surface area contributed by atoms with Crippen molar-refractivity contribution in [3.8, 4) is 11.8 Å². The number of esters is 2. The number of rotatable bonds is 7. The Kier molecular flexibility index (Phi) is 8.05. The van der Waals surface area contributed by atoms with Gasteiger partial charge in [-0.1, -0.05) is 60.4 Å². The number of hydrogen-bond donors (Lipinski definition) is 0. The van der Waals surface area contributed by atoms with Crippen molar-refractivity contribution in [2.75, 3.05) is 13.2 Å². The molecule has 4 heteroatoms. The summed E-state index contributed by atoms with van der Waals surface area (Å²) in [4.78, 5) is 24.3. The molecule has 0 saturated heterocycles. The molecule has 0 aromatic heterocycles. The van der Waals surface area contributed by atoms with Crippen LogP contribution in [0.5, 0.6) is 0 Å². The van der Waals surface area contributed by atoms with Gasteiger partial charge < -0.3 is 9.47 Å². The zero-order valence-electron chi connectivity index (χ0n) is 16.2. The van der Waals surface area contributed by atoms with E-state index in [0.717, 1.165) is 5.56 Å². The van der Waals surface area contributed by atoms with Gasteiger partial charge in [-0.25, -0.2) is 4.79 Å². The van der Waals surface area contributed by atoms with Gasteiger partial charge in [0, 0.05) is 5.56 Å². The van der Waals surface area contributed by atoms with E-state index in [1.165, 1.54) is 0 Å². The summed E-state index contributed by atoms with van der Waals surface area (Å²) in [6, 6.07) is 18.3. The third-order valence-corrected chi connectivity index (χ3v) is 4.00. The van der Waals surface area contributed by atoms with E-state index in [-0.39, 0.29) is 18.5 Å². The van der Waals surface area contributed by atoms with Crippen LogP contribution in [0.4, 0.5) is 0 Å². The summed E-state index contributed by atoms with van der Waals surface area (Å²) >= 11 is 0. The second kappa shape index (κ2) is 10.7. The fourth-order valence-corrected chi connectivity index (χ4v) is 2.38. The summed E-state index contributed by atoms with van der Waals surface area (Å²) in [5.41, 5.74) is 0.353. The molecule has 0 saturated carbocycles. The van der Waals surface area contributed by atoms with E-state index in [0.29, 0.717) is 18.6 Å². The quantitative estimate of drug-likeness (QED) is 0.408. The zero-order valence-corrected chi connectivity index (χ0v) is 16.2. The maximum Gasteiger partial charge on any atom is 0.338 e. The van der Waals surface area contributed by atoms with Crippen molar-refractivity contribution in [1.29, 1.82) is 0 Å². The first kappa shape index (κ1) is 21.0. The molecule has 0 radical (unpaired) electrons. The number of hydrogen-bond acceptors (Lipinski definition) is 4. The second-order valence-electron chi connectivity index (χ2n) is 6.31. The number of allylic oxidation sites excluding steroid dienone is 1. The molecular formula is C24H24O4. The van der Waals surface area contributed by atoms with Crippen molar-refractivity contribution < 1.29 is 19.1 Å². The van der Waals surface area contributed by atoms with Crippen molar-refractivity contribution in [2.24, 2.45) is 5.41 Å². The molecule has 4 nitrogen and oxygen atoms in total. The Morgan fingerprint density at radius 1 is 0.964 bits per heavy atom. The molecule has 0 fully saturated rings. The maximum absolute atomic E-state index is 12.4. The Morgan fingerprint density at radius 2 is 1.61 bits per heavy atom. The minimum Gasteiger partial charge on any atom is -0.465 e.